The molecule has 0 saturated carbocycles. The van der Waals surface area contributed by atoms with Gasteiger partial charge in [-0.1, -0.05) is 20.8 Å². The first kappa shape index (κ1) is 14.0. The molecule has 2 atom stereocenters. The van der Waals surface area contributed by atoms with Crippen molar-refractivity contribution in [2.24, 2.45) is 5.92 Å². The number of hydrogen-bond donors (Lipinski definition) is 1. The molecule has 2 unspecified atom stereocenters. The maximum Gasteiger partial charge on any atom is 0.0334 e. The maximum absolute atomic E-state index is 3.69. The molecule has 1 N–H and O–H groups in total. The number of nitrogens with zero attached hydrogens (tertiary/aromatic N) is 1. The van der Waals surface area contributed by atoms with Crippen molar-refractivity contribution in [2.45, 2.75) is 52.7 Å². The summed E-state index contributed by atoms with van der Waals surface area (Å²) < 4.78 is 0. The Morgan fingerprint density at radius 3 is 2.83 bits per heavy atom. The zero-order chi connectivity index (χ0) is 13.1. The van der Waals surface area contributed by atoms with Crippen LogP contribution in [0.4, 0.5) is 0 Å². The smallest absolute Gasteiger partial charge is 0.0334 e. The van der Waals surface area contributed by atoms with Crippen LogP contribution in [0.5, 0.6) is 0 Å². The number of rotatable bonds is 4. The number of piperazine rings is 1. The lowest BCUT2D eigenvalue weighted by Gasteiger charge is -2.42. The Labute approximate surface area is 115 Å². The summed E-state index contributed by atoms with van der Waals surface area (Å²) in [7, 11) is 0. The van der Waals surface area contributed by atoms with E-state index < -0.39 is 0 Å². The zero-order valence-electron chi connectivity index (χ0n) is 12.1. The van der Waals surface area contributed by atoms with Gasteiger partial charge in [0.25, 0.3) is 0 Å². The molecule has 18 heavy (non-hydrogen) atoms. The third-order valence-corrected chi connectivity index (χ3v) is 5.12. The standard InChI is InChI=1S/C15H26N2S/c1-5-13-9-17(14(8-16-13)11(2)3)10-15-12(4)6-7-18-15/h6-7,11,13-14,16H,5,8-10H2,1-4H3. The molecule has 1 aromatic heterocycles. The fourth-order valence-corrected chi connectivity index (χ4v) is 3.69. The van der Waals surface area contributed by atoms with Gasteiger partial charge in [0.05, 0.1) is 0 Å². The number of aryl methyl sites for hydroxylation is 1. The van der Waals surface area contributed by atoms with Gasteiger partial charge in [-0.15, -0.1) is 11.3 Å². The molecule has 1 fully saturated rings. The molecule has 0 aromatic carbocycles. The van der Waals surface area contributed by atoms with Crippen LogP contribution in [0.15, 0.2) is 11.4 Å². The highest BCUT2D eigenvalue weighted by Gasteiger charge is 2.29. The second-order valence-corrected chi connectivity index (χ2v) is 6.78. The Kier molecular flexibility index (Phi) is 4.82. The third kappa shape index (κ3) is 3.14. The minimum absolute atomic E-state index is 0.667. The van der Waals surface area contributed by atoms with E-state index in [2.05, 4.69) is 49.4 Å². The fraction of sp³-hybridized carbons (Fsp3) is 0.733. The van der Waals surface area contributed by atoms with Crippen molar-refractivity contribution in [3.8, 4) is 0 Å². The van der Waals surface area contributed by atoms with Crippen molar-refractivity contribution in [3.05, 3.63) is 21.9 Å². The zero-order valence-corrected chi connectivity index (χ0v) is 12.9. The van der Waals surface area contributed by atoms with Gasteiger partial charge in [0.2, 0.25) is 0 Å². The largest absolute Gasteiger partial charge is 0.311 e. The average Bonchev–Trinajstić information content (AvgIpc) is 2.74. The SMILES string of the molecule is CCC1CN(Cc2sccc2C)C(C(C)C)CN1. The van der Waals surface area contributed by atoms with Crippen molar-refractivity contribution in [3.63, 3.8) is 0 Å². The Morgan fingerprint density at radius 1 is 1.50 bits per heavy atom. The van der Waals surface area contributed by atoms with Crippen molar-refractivity contribution >= 4 is 11.3 Å². The summed E-state index contributed by atoms with van der Waals surface area (Å²) in [6.07, 6.45) is 1.23. The molecule has 1 aliphatic heterocycles. The van der Waals surface area contributed by atoms with Gasteiger partial charge in [-0.2, -0.15) is 0 Å². The van der Waals surface area contributed by atoms with Gasteiger partial charge in [-0.05, 0) is 36.3 Å². The molecule has 1 saturated heterocycles. The Hall–Kier alpha value is -0.380. The van der Waals surface area contributed by atoms with Gasteiger partial charge >= 0.3 is 0 Å². The van der Waals surface area contributed by atoms with Crippen LogP contribution in [0.25, 0.3) is 0 Å². The van der Waals surface area contributed by atoms with Gasteiger partial charge in [-0.25, -0.2) is 0 Å². The monoisotopic (exact) mass is 266 g/mol. The molecule has 0 spiro atoms. The first-order chi connectivity index (χ1) is 8.61. The summed E-state index contributed by atoms with van der Waals surface area (Å²) in [5.74, 6) is 0.718. The lowest BCUT2D eigenvalue weighted by Crippen LogP contribution is -2.57. The quantitative estimate of drug-likeness (QED) is 0.900. The first-order valence-electron chi connectivity index (χ1n) is 7.12. The van der Waals surface area contributed by atoms with Gasteiger partial charge < -0.3 is 5.32 Å². The third-order valence-electron chi connectivity index (χ3n) is 4.12. The van der Waals surface area contributed by atoms with Crippen molar-refractivity contribution in [1.29, 1.82) is 0 Å². The molecule has 3 heteroatoms. The van der Waals surface area contributed by atoms with E-state index in [4.69, 9.17) is 0 Å². The summed E-state index contributed by atoms with van der Waals surface area (Å²) in [5, 5.41) is 5.90. The molecule has 1 aromatic rings. The van der Waals surface area contributed by atoms with Crippen LogP contribution in [-0.2, 0) is 6.54 Å². The summed E-state index contributed by atoms with van der Waals surface area (Å²) in [6, 6.07) is 3.58. The number of thiophene rings is 1. The second-order valence-electron chi connectivity index (χ2n) is 5.78. The van der Waals surface area contributed by atoms with Crippen molar-refractivity contribution < 1.29 is 0 Å². The van der Waals surface area contributed by atoms with E-state index in [9.17, 15) is 0 Å². The van der Waals surface area contributed by atoms with Crippen LogP contribution in [0.3, 0.4) is 0 Å². The van der Waals surface area contributed by atoms with Crippen LogP contribution in [0, 0.1) is 12.8 Å². The summed E-state index contributed by atoms with van der Waals surface area (Å²) in [6.45, 7) is 12.7. The van der Waals surface area contributed by atoms with E-state index in [1.54, 1.807) is 0 Å². The average molecular weight is 266 g/mol. The molecular weight excluding hydrogens is 240 g/mol. The molecule has 2 heterocycles. The van der Waals surface area contributed by atoms with Crippen LogP contribution >= 0.6 is 11.3 Å². The molecule has 102 valence electrons. The van der Waals surface area contributed by atoms with Crippen molar-refractivity contribution in [1.82, 2.24) is 10.2 Å². The second kappa shape index (κ2) is 6.18. The minimum atomic E-state index is 0.667. The van der Waals surface area contributed by atoms with Crippen LogP contribution in [0.2, 0.25) is 0 Å². The molecule has 0 amide bonds. The van der Waals surface area contributed by atoms with Crippen LogP contribution in [0.1, 0.15) is 37.6 Å². The van der Waals surface area contributed by atoms with Gasteiger partial charge in [0, 0.05) is 36.6 Å². The summed E-state index contributed by atoms with van der Waals surface area (Å²) >= 11 is 1.90. The normalized spacial score (nSPS) is 25.8. The predicted molar refractivity (Wildman–Crippen MR) is 80.2 cm³/mol. The minimum Gasteiger partial charge on any atom is -0.311 e. The highest BCUT2D eigenvalue weighted by atomic mass is 32.1. The van der Waals surface area contributed by atoms with E-state index in [0.717, 1.165) is 19.0 Å². The van der Waals surface area contributed by atoms with E-state index in [-0.39, 0.29) is 0 Å². The van der Waals surface area contributed by atoms with E-state index >= 15 is 0 Å². The van der Waals surface area contributed by atoms with Crippen molar-refractivity contribution in [2.75, 3.05) is 13.1 Å². The molecule has 1 aliphatic rings. The van der Waals surface area contributed by atoms with Gasteiger partial charge in [0.1, 0.15) is 0 Å². The Bertz CT molecular complexity index is 372. The van der Waals surface area contributed by atoms with Gasteiger partial charge in [-0.3, -0.25) is 4.90 Å². The molecular formula is C15H26N2S. The maximum atomic E-state index is 3.69. The molecule has 0 radical (unpaired) electrons. The molecule has 2 nitrogen and oxygen atoms in total. The first-order valence-corrected chi connectivity index (χ1v) is 8.00. The fourth-order valence-electron chi connectivity index (χ4n) is 2.76. The topological polar surface area (TPSA) is 15.3 Å². The highest BCUT2D eigenvalue weighted by Crippen LogP contribution is 2.23. The van der Waals surface area contributed by atoms with E-state index in [0.29, 0.717) is 12.1 Å². The van der Waals surface area contributed by atoms with E-state index in [1.807, 2.05) is 11.3 Å². The van der Waals surface area contributed by atoms with Crippen LogP contribution < -0.4 is 5.32 Å². The Balaban J connectivity index is 2.07. The molecule has 0 bridgehead atoms. The molecule has 2 rings (SSSR count). The lowest BCUT2D eigenvalue weighted by molar-refractivity contribution is 0.0909. The Morgan fingerprint density at radius 2 is 2.28 bits per heavy atom. The van der Waals surface area contributed by atoms with Crippen LogP contribution in [-0.4, -0.2) is 30.1 Å². The van der Waals surface area contributed by atoms with E-state index in [1.165, 1.54) is 23.4 Å². The summed E-state index contributed by atoms with van der Waals surface area (Å²) in [4.78, 5) is 4.23. The number of hydrogen-bond acceptors (Lipinski definition) is 3. The summed E-state index contributed by atoms with van der Waals surface area (Å²) in [5.41, 5.74) is 1.45. The predicted octanol–water partition coefficient (Wildman–Crippen LogP) is 3.26. The highest BCUT2D eigenvalue weighted by molar-refractivity contribution is 7.10. The number of nitrogens with one attached hydrogen (secondary N) is 1. The molecule has 0 aliphatic carbocycles. The lowest BCUT2D eigenvalue weighted by atomic mass is 9.97. The van der Waals surface area contributed by atoms with Gasteiger partial charge in [0.15, 0.2) is 0 Å².